The molecular formula is C12H25N3O. The zero-order chi connectivity index (χ0) is 11.6. The summed E-state index contributed by atoms with van der Waals surface area (Å²) in [6.07, 6.45) is 3.85. The van der Waals surface area contributed by atoms with Crippen molar-refractivity contribution in [2.24, 2.45) is 0 Å². The van der Waals surface area contributed by atoms with Gasteiger partial charge in [0, 0.05) is 39.1 Å². The first-order valence-corrected chi connectivity index (χ1v) is 6.52. The summed E-state index contributed by atoms with van der Waals surface area (Å²) >= 11 is 0. The van der Waals surface area contributed by atoms with Gasteiger partial charge < -0.3 is 15.5 Å². The zero-order valence-electron chi connectivity index (χ0n) is 10.4. The molecule has 4 nitrogen and oxygen atoms in total. The number of hydrogen-bond donors (Lipinski definition) is 2. The number of carbonyl (C=O) groups excluding carboxylic acids is 1. The average molecular weight is 227 g/mol. The molecule has 0 radical (unpaired) electrons. The minimum absolute atomic E-state index is 0.210. The number of nitrogens with zero attached hydrogens (tertiary/aromatic N) is 1. The Morgan fingerprint density at radius 1 is 1.31 bits per heavy atom. The van der Waals surface area contributed by atoms with Crippen LogP contribution < -0.4 is 10.6 Å². The van der Waals surface area contributed by atoms with Crippen molar-refractivity contribution in [3.8, 4) is 0 Å². The van der Waals surface area contributed by atoms with Crippen molar-refractivity contribution in [3.05, 3.63) is 0 Å². The van der Waals surface area contributed by atoms with Crippen molar-refractivity contribution in [1.82, 2.24) is 15.5 Å². The van der Waals surface area contributed by atoms with Crippen molar-refractivity contribution in [3.63, 3.8) is 0 Å². The molecule has 1 saturated heterocycles. The molecule has 0 unspecified atom stereocenters. The molecule has 1 fully saturated rings. The van der Waals surface area contributed by atoms with Crippen LogP contribution in [0.15, 0.2) is 0 Å². The summed E-state index contributed by atoms with van der Waals surface area (Å²) in [6, 6.07) is 0. The van der Waals surface area contributed by atoms with Crippen LogP contribution in [0.4, 0.5) is 0 Å². The molecule has 94 valence electrons. The Hall–Kier alpha value is -0.610. The van der Waals surface area contributed by atoms with E-state index in [1.54, 1.807) is 0 Å². The van der Waals surface area contributed by atoms with E-state index in [0.717, 1.165) is 58.5 Å². The first-order valence-electron chi connectivity index (χ1n) is 6.52. The number of hydrogen-bond acceptors (Lipinski definition) is 3. The minimum Gasteiger partial charge on any atom is -0.356 e. The normalized spacial score (nSPS) is 17.3. The van der Waals surface area contributed by atoms with Gasteiger partial charge in [-0.2, -0.15) is 0 Å². The quantitative estimate of drug-likeness (QED) is 0.626. The van der Waals surface area contributed by atoms with E-state index in [4.69, 9.17) is 0 Å². The van der Waals surface area contributed by atoms with Crippen LogP contribution in [0.5, 0.6) is 0 Å². The van der Waals surface area contributed by atoms with E-state index >= 15 is 0 Å². The van der Waals surface area contributed by atoms with Crippen LogP contribution in [0.3, 0.4) is 0 Å². The topological polar surface area (TPSA) is 44.4 Å². The summed E-state index contributed by atoms with van der Waals surface area (Å²) < 4.78 is 0. The van der Waals surface area contributed by atoms with Crippen molar-refractivity contribution in [2.75, 3.05) is 39.3 Å². The van der Waals surface area contributed by atoms with E-state index in [2.05, 4.69) is 22.5 Å². The van der Waals surface area contributed by atoms with E-state index in [0.29, 0.717) is 6.42 Å². The predicted molar refractivity (Wildman–Crippen MR) is 66.5 cm³/mol. The molecule has 0 aromatic heterocycles. The SMILES string of the molecule is CCCCC(=O)NCCCN1CCNCC1. The van der Waals surface area contributed by atoms with Crippen LogP contribution >= 0.6 is 0 Å². The third-order valence-corrected chi connectivity index (χ3v) is 2.94. The van der Waals surface area contributed by atoms with Crippen molar-refractivity contribution in [1.29, 1.82) is 0 Å². The smallest absolute Gasteiger partial charge is 0.219 e. The summed E-state index contributed by atoms with van der Waals surface area (Å²) in [5, 5.41) is 6.31. The third-order valence-electron chi connectivity index (χ3n) is 2.94. The number of nitrogens with one attached hydrogen (secondary N) is 2. The van der Waals surface area contributed by atoms with Gasteiger partial charge in [-0.3, -0.25) is 4.79 Å². The summed E-state index contributed by atoms with van der Waals surface area (Å²) in [6.45, 7) is 8.53. The number of amides is 1. The first kappa shape index (κ1) is 13.5. The van der Waals surface area contributed by atoms with E-state index in [-0.39, 0.29) is 5.91 Å². The molecule has 0 aromatic carbocycles. The Kier molecular flexibility index (Phi) is 7.17. The Labute approximate surface area is 98.8 Å². The summed E-state index contributed by atoms with van der Waals surface area (Å²) in [5.74, 6) is 0.210. The zero-order valence-corrected chi connectivity index (χ0v) is 10.4. The van der Waals surface area contributed by atoms with Gasteiger partial charge >= 0.3 is 0 Å². The van der Waals surface area contributed by atoms with Crippen LogP contribution in [0, 0.1) is 0 Å². The second-order valence-electron chi connectivity index (χ2n) is 4.40. The highest BCUT2D eigenvalue weighted by atomic mass is 16.1. The molecule has 1 aliphatic heterocycles. The Morgan fingerprint density at radius 2 is 2.06 bits per heavy atom. The molecule has 0 aromatic rings. The van der Waals surface area contributed by atoms with Crippen LogP contribution in [-0.4, -0.2) is 50.1 Å². The Morgan fingerprint density at radius 3 is 2.75 bits per heavy atom. The average Bonchev–Trinajstić information content (AvgIpc) is 2.33. The lowest BCUT2D eigenvalue weighted by Crippen LogP contribution is -2.44. The van der Waals surface area contributed by atoms with Crippen molar-refractivity contribution in [2.45, 2.75) is 32.6 Å². The maximum absolute atomic E-state index is 11.3. The van der Waals surface area contributed by atoms with Gasteiger partial charge in [0.25, 0.3) is 0 Å². The molecule has 1 rings (SSSR count). The number of rotatable bonds is 7. The molecule has 0 atom stereocenters. The highest BCUT2D eigenvalue weighted by Crippen LogP contribution is 1.95. The lowest BCUT2D eigenvalue weighted by molar-refractivity contribution is -0.121. The number of carbonyl (C=O) groups is 1. The molecule has 16 heavy (non-hydrogen) atoms. The van der Waals surface area contributed by atoms with Gasteiger partial charge in [0.2, 0.25) is 5.91 Å². The fraction of sp³-hybridized carbons (Fsp3) is 0.917. The molecule has 0 bridgehead atoms. The molecule has 0 spiro atoms. The Bertz CT molecular complexity index is 191. The van der Waals surface area contributed by atoms with Crippen LogP contribution in [0.1, 0.15) is 32.6 Å². The molecule has 1 aliphatic rings. The standard InChI is InChI=1S/C12H25N3O/c1-2-3-5-12(16)14-6-4-9-15-10-7-13-8-11-15/h13H,2-11H2,1H3,(H,14,16). The fourth-order valence-corrected chi connectivity index (χ4v) is 1.89. The largest absolute Gasteiger partial charge is 0.356 e. The van der Waals surface area contributed by atoms with Gasteiger partial charge in [-0.25, -0.2) is 0 Å². The second-order valence-corrected chi connectivity index (χ2v) is 4.40. The van der Waals surface area contributed by atoms with Gasteiger partial charge in [-0.15, -0.1) is 0 Å². The molecule has 0 aliphatic carbocycles. The van der Waals surface area contributed by atoms with Gasteiger partial charge in [-0.1, -0.05) is 13.3 Å². The van der Waals surface area contributed by atoms with Crippen molar-refractivity contribution >= 4 is 5.91 Å². The molecule has 0 saturated carbocycles. The van der Waals surface area contributed by atoms with Crippen LogP contribution in [0.2, 0.25) is 0 Å². The maximum atomic E-state index is 11.3. The number of unbranched alkanes of at least 4 members (excludes halogenated alkanes) is 1. The van der Waals surface area contributed by atoms with Gasteiger partial charge in [-0.05, 0) is 19.4 Å². The highest BCUT2D eigenvalue weighted by molar-refractivity contribution is 5.75. The number of piperazine rings is 1. The maximum Gasteiger partial charge on any atom is 0.219 e. The first-order chi connectivity index (χ1) is 7.83. The third kappa shape index (κ3) is 6.08. The van der Waals surface area contributed by atoms with E-state index in [9.17, 15) is 4.79 Å². The second kappa shape index (κ2) is 8.53. The van der Waals surface area contributed by atoms with Gasteiger partial charge in [0.15, 0.2) is 0 Å². The monoisotopic (exact) mass is 227 g/mol. The van der Waals surface area contributed by atoms with Gasteiger partial charge in [0.05, 0.1) is 0 Å². The Balaban J connectivity index is 1.92. The van der Waals surface area contributed by atoms with Gasteiger partial charge in [0.1, 0.15) is 0 Å². The summed E-state index contributed by atoms with van der Waals surface area (Å²) in [7, 11) is 0. The predicted octanol–water partition coefficient (Wildman–Crippen LogP) is 0.588. The van der Waals surface area contributed by atoms with E-state index < -0.39 is 0 Å². The van der Waals surface area contributed by atoms with Crippen LogP contribution in [-0.2, 0) is 4.79 Å². The molecule has 4 heteroatoms. The van der Waals surface area contributed by atoms with E-state index in [1.165, 1.54) is 0 Å². The van der Waals surface area contributed by atoms with E-state index in [1.807, 2.05) is 0 Å². The molecule has 1 amide bonds. The molecule has 1 heterocycles. The summed E-state index contributed by atoms with van der Waals surface area (Å²) in [5.41, 5.74) is 0. The van der Waals surface area contributed by atoms with Crippen LogP contribution in [0.25, 0.3) is 0 Å². The summed E-state index contributed by atoms with van der Waals surface area (Å²) in [4.78, 5) is 13.8. The highest BCUT2D eigenvalue weighted by Gasteiger charge is 2.08. The molecular weight excluding hydrogens is 202 g/mol. The molecule has 2 N–H and O–H groups in total. The fourth-order valence-electron chi connectivity index (χ4n) is 1.89. The lowest BCUT2D eigenvalue weighted by atomic mass is 10.2. The lowest BCUT2D eigenvalue weighted by Gasteiger charge is -2.27. The minimum atomic E-state index is 0.210. The van der Waals surface area contributed by atoms with Crippen molar-refractivity contribution < 1.29 is 4.79 Å².